The highest BCUT2D eigenvalue weighted by atomic mass is 16.3. The lowest BCUT2D eigenvalue weighted by molar-refractivity contribution is 0.669. The predicted molar refractivity (Wildman–Crippen MR) is 255 cm³/mol. The Bertz CT molecular complexity index is 3510. The van der Waals surface area contributed by atoms with Crippen LogP contribution in [-0.4, -0.2) is 15.0 Å². The average molecular weight is 805 g/mol. The van der Waals surface area contributed by atoms with Crippen LogP contribution in [0.5, 0.6) is 0 Å². The van der Waals surface area contributed by atoms with Crippen molar-refractivity contribution in [2.75, 3.05) is 0 Å². The normalized spacial score (nSPS) is 11.2. The molecule has 0 saturated carbocycles. The third-order valence-corrected chi connectivity index (χ3v) is 11.6. The fourth-order valence-electron chi connectivity index (χ4n) is 8.47. The summed E-state index contributed by atoms with van der Waals surface area (Å²) in [6, 6.07) is 77.0. The molecule has 2 aromatic heterocycles. The summed E-state index contributed by atoms with van der Waals surface area (Å²) in [5, 5.41) is 11.6. The molecule has 0 aliphatic heterocycles. The summed E-state index contributed by atoms with van der Waals surface area (Å²) in [6.07, 6.45) is 0. The Morgan fingerprint density at radius 3 is 1.48 bits per heavy atom. The van der Waals surface area contributed by atoms with E-state index in [2.05, 4.69) is 152 Å². The Labute approximate surface area is 364 Å². The Balaban J connectivity index is 1.03. The summed E-state index contributed by atoms with van der Waals surface area (Å²) < 4.78 is 6.64. The van der Waals surface area contributed by atoms with Gasteiger partial charge in [-0.25, -0.2) is 15.0 Å². The molecule has 0 saturated heterocycles. The number of hydrogen-bond donors (Lipinski definition) is 0. The fourth-order valence-corrected chi connectivity index (χ4v) is 8.47. The van der Waals surface area contributed by atoms with E-state index in [4.69, 9.17) is 19.4 Å². The second kappa shape index (κ2) is 16.0. The highest BCUT2D eigenvalue weighted by molar-refractivity contribution is 6.14. The van der Waals surface area contributed by atoms with Gasteiger partial charge in [0.05, 0.1) is 11.6 Å². The lowest BCUT2D eigenvalue weighted by Crippen LogP contribution is -2.00. The molecule has 11 rings (SSSR count). The van der Waals surface area contributed by atoms with Gasteiger partial charge in [0.25, 0.3) is 0 Å². The average Bonchev–Trinajstić information content (AvgIpc) is 3.75. The molecule has 5 nitrogen and oxygen atoms in total. The van der Waals surface area contributed by atoms with Gasteiger partial charge in [0.2, 0.25) is 0 Å². The monoisotopic (exact) mass is 804 g/mol. The minimum absolute atomic E-state index is 0.536. The number of nitrogens with zero attached hydrogens (tertiary/aromatic N) is 4. The van der Waals surface area contributed by atoms with E-state index in [1.54, 1.807) is 0 Å². The molecule has 9 aromatic carbocycles. The van der Waals surface area contributed by atoms with Crippen LogP contribution < -0.4 is 0 Å². The molecule has 5 heteroatoms. The van der Waals surface area contributed by atoms with Crippen LogP contribution in [0.25, 0.3) is 112 Å². The van der Waals surface area contributed by atoms with Gasteiger partial charge in [0, 0.05) is 27.5 Å². The first-order valence-electron chi connectivity index (χ1n) is 20.9. The minimum Gasteiger partial charge on any atom is -0.456 e. The van der Waals surface area contributed by atoms with Crippen LogP contribution in [0.1, 0.15) is 5.56 Å². The Morgan fingerprint density at radius 2 is 0.778 bits per heavy atom. The van der Waals surface area contributed by atoms with Crippen molar-refractivity contribution in [2.45, 2.75) is 0 Å². The number of rotatable bonds is 8. The molecular formula is C58H36N4O. The molecule has 0 aliphatic carbocycles. The molecule has 0 fully saturated rings. The van der Waals surface area contributed by atoms with Crippen molar-refractivity contribution < 1.29 is 4.42 Å². The molecule has 0 unspecified atom stereocenters. The van der Waals surface area contributed by atoms with Crippen LogP contribution in [0.4, 0.5) is 0 Å². The largest absolute Gasteiger partial charge is 0.456 e. The molecule has 11 aromatic rings. The van der Waals surface area contributed by atoms with E-state index in [0.29, 0.717) is 23.0 Å². The third-order valence-electron chi connectivity index (χ3n) is 11.6. The maximum absolute atomic E-state index is 9.51. The topological polar surface area (TPSA) is 75.6 Å². The molecule has 63 heavy (non-hydrogen) atoms. The lowest BCUT2D eigenvalue weighted by atomic mass is 9.92. The molecule has 0 amide bonds. The molecule has 0 radical (unpaired) electrons. The smallest absolute Gasteiger partial charge is 0.164 e. The standard InChI is InChI=1S/C58H36N4O/c59-37-38-13-9-18-43(33-38)40-27-29-42(30-28-40)56-60-57(47-22-11-21-46(35-47)45-20-10-19-44(34-45)39-14-3-1-4-15-39)62-58(61-56)48-31-32-52-54(36-48)63-53-26-12-25-51(55(52)53)50-24-8-7-23-49(50)41-16-5-2-6-17-41/h1-36H. The van der Waals surface area contributed by atoms with Crippen molar-refractivity contribution in [1.82, 2.24) is 15.0 Å². The van der Waals surface area contributed by atoms with Crippen LogP contribution in [0.3, 0.4) is 0 Å². The van der Waals surface area contributed by atoms with Gasteiger partial charge >= 0.3 is 0 Å². The number of fused-ring (bicyclic) bond motifs is 3. The number of benzene rings is 9. The van der Waals surface area contributed by atoms with Gasteiger partial charge in [-0.05, 0) is 98.1 Å². The van der Waals surface area contributed by atoms with E-state index in [9.17, 15) is 5.26 Å². The summed E-state index contributed by atoms with van der Waals surface area (Å²) in [7, 11) is 0. The summed E-state index contributed by atoms with van der Waals surface area (Å²) in [5.41, 5.74) is 15.7. The van der Waals surface area contributed by atoms with Crippen molar-refractivity contribution in [3.05, 3.63) is 224 Å². The number of aromatic nitrogens is 3. The number of hydrogen-bond acceptors (Lipinski definition) is 5. The molecule has 0 aliphatic rings. The van der Waals surface area contributed by atoms with E-state index in [0.717, 1.165) is 83.1 Å². The summed E-state index contributed by atoms with van der Waals surface area (Å²) >= 11 is 0. The van der Waals surface area contributed by atoms with Crippen molar-refractivity contribution in [1.29, 1.82) is 5.26 Å². The first kappa shape index (κ1) is 37.3. The van der Waals surface area contributed by atoms with Gasteiger partial charge in [-0.15, -0.1) is 0 Å². The maximum Gasteiger partial charge on any atom is 0.164 e. The predicted octanol–water partition coefficient (Wildman–Crippen LogP) is 15.0. The van der Waals surface area contributed by atoms with Gasteiger partial charge in [0.1, 0.15) is 11.2 Å². The third kappa shape index (κ3) is 7.22. The van der Waals surface area contributed by atoms with Crippen molar-refractivity contribution in [2.24, 2.45) is 0 Å². The van der Waals surface area contributed by atoms with Crippen molar-refractivity contribution in [3.63, 3.8) is 0 Å². The number of furan rings is 1. The SMILES string of the molecule is N#Cc1cccc(-c2ccc(-c3nc(-c4cccc(-c5cccc(-c6ccccc6)c5)c4)nc(-c4ccc5c(c4)oc4cccc(-c6ccccc6-c6ccccc6)c45)n3)cc2)c1. The molecular weight excluding hydrogens is 769 g/mol. The van der Waals surface area contributed by atoms with E-state index >= 15 is 0 Å². The van der Waals surface area contributed by atoms with Gasteiger partial charge in [0.15, 0.2) is 17.5 Å². The summed E-state index contributed by atoms with van der Waals surface area (Å²) in [6.45, 7) is 0. The first-order chi connectivity index (χ1) is 31.1. The second-order valence-electron chi connectivity index (χ2n) is 15.5. The highest BCUT2D eigenvalue weighted by Crippen LogP contribution is 2.41. The molecule has 2 heterocycles. The Morgan fingerprint density at radius 1 is 0.317 bits per heavy atom. The minimum atomic E-state index is 0.536. The van der Waals surface area contributed by atoms with E-state index in [1.807, 2.05) is 72.8 Å². The van der Waals surface area contributed by atoms with Gasteiger partial charge in [-0.1, -0.05) is 176 Å². The zero-order valence-corrected chi connectivity index (χ0v) is 34.0. The van der Waals surface area contributed by atoms with E-state index in [1.165, 1.54) is 11.1 Å². The van der Waals surface area contributed by atoms with E-state index in [-0.39, 0.29) is 0 Å². The maximum atomic E-state index is 9.51. The zero-order valence-electron chi connectivity index (χ0n) is 34.0. The Kier molecular flexibility index (Phi) is 9.50. The van der Waals surface area contributed by atoms with Crippen LogP contribution in [-0.2, 0) is 0 Å². The van der Waals surface area contributed by atoms with Crippen LogP contribution in [0.15, 0.2) is 223 Å². The molecule has 0 N–H and O–H groups in total. The molecule has 294 valence electrons. The van der Waals surface area contributed by atoms with Crippen LogP contribution in [0.2, 0.25) is 0 Å². The van der Waals surface area contributed by atoms with Gasteiger partial charge < -0.3 is 4.42 Å². The molecule has 0 bridgehead atoms. The van der Waals surface area contributed by atoms with E-state index < -0.39 is 0 Å². The molecule has 0 spiro atoms. The van der Waals surface area contributed by atoms with Crippen molar-refractivity contribution >= 4 is 21.9 Å². The van der Waals surface area contributed by atoms with Gasteiger partial charge in [-0.2, -0.15) is 5.26 Å². The summed E-state index contributed by atoms with van der Waals surface area (Å²) in [5.74, 6) is 1.65. The first-order valence-corrected chi connectivity index (χ1v) is 20.9. The van der Waals surface area contributed by atoms with Crippen molar-refractivity contribution in [3.8, 4) is 95.9 Å². The fraction of sp³-hybridized carbons (Fsp3) is 0. The number of nitriles is 1. The lowest BCUT2D eigenvalue weighted by Gasteiger charge is -2.11. The zero-order chi connectivity index (χ0) is 42.1. The van der Waals surface area contributed by atoms with Crippen LogP contribution in [0, 0.1) is 11.3 Å². The highest BCUT2D eigenvalue weighted by Gasteiger charge is 2.19. The Hall–Kier alpha value is -8.72. The molecule has 0 atom stereocenters. The second-order valence-corrected chi connectivity index (χ2v) is 15.5. The summed E-state index contributed by atoms with van der Waals surface area (Å²) in [4.78, 5) is 15.4. The quantitative estimate of drug-likeness (QED) is 0.153. The van der Waals surface area contributed by atoms with Gasteiger partial charge in [-0.3, -0.25) is 0 Å². The van der Waals surface area contributed by atoms with Crippen LogP contribution >= 0.6 is 0 Å².